The Hall–Kier alpha value is -1.88. The summed E-state index contributed by atoms with van der Waals surface area (Å²) in [5.74, 6) is 0.605. The fourth-order valence-electron chi connectivity index (χ4n) is 3.10. The van der Waals surface area contributed by atoms with E-state index in [1.54, 1.807) is 12.7 Å². The van der Waals surface area contributed by atoms with Crippen molar-refractivity contribution in [1.82, 2.24) is 14.8 Å². The third-order valence-corrected chi connectivity index (χ3v) is 4.33. The summed E-state index contributed by atoms with van der Waals surface area (Å²) in [4.78, 5) is 3.96. The first-order valence-electron chi connectivity index (χ1n) is 7.73. The first kappa shape index (κ1) is 14.1. The Balaban J connectivity index is 1.61. The van der Waals surface area contributed by atoms with Gasteiger partial charge in [0.1, 0.15) is 12.7 Å². The first-order valence-corrected chi connectivity index (χ1v) is 7.73. The zero-order valence-corrected chi connectivity index (χ0v) is 12.3. The van der Waals surface area contributed by atoms with Crippen molar-refractivity contribution in [3.05, 3.63) is 42.5 Å². The number of hydrogen-bond acceptors (Lipinski definition) is 4. The zero-order chi connectivity index (χ0) is 14.5. The van der Waals surface area contributed by atoms with Gasteiger partial charge in [-0.15, -0.1) is 0 Å². The Labute approximate surface area is 125 Å². The third-order valence-electron chi connectivity index (χ3n) is 4.33. The monoisotopic (exact) mass is 285 g/mol. The summed E-state index contributed by atoms with van der Waals surface area (Å²) < 4.78 is 1.83. The van der Waals surface area contributed by atoms with Crippen LogP contribution in [0, 0.1) is 5.92 Å². The molecule has 0 saturated heterocycles. The lowest BCUT2D eigenvalue weighted by Gasteiger charge is -2.32. The minimum Gasteiger partial charge on any atom is -0.382 e. The van der Waals surface area contributed by atoms with E-state index in [4.69, 9.17) is 5.73 Å². The summed E-state index contributed by atoms with van der Waals surface area (Å²) in [5, 5.41) is 7.78. The van der Waals surface area contributed by atoms with Gasteiger partial charge in [0.05, 0.1) is 6.54 Å². The molecule has 21 heavy (non-hydrogen) atoms. The van der Waals surface area contributed by atoms with Gasteiger partial charge < -0.3 is 11.1 Å². The molecule has 1 aromatic heterocycles. The van der Waals surface area contributed by atoms with Gasteiger partial charge in [0, 0.05) is 11.7 Å². The van der Waals surface area contributed by atoms with Crippen LogP contribution in [0.15, 0.2) is 36.9 Å². The van der Waals surface area contributed by atoms with Crippen LogP contribution in [0.1, 0.15) is 31.2 Å². The lowest BCUT2D eigenvalue weighted by atomic mass is 9.84. The highest BCUT2D eigenvalue weighted by atomic mass is 15.3. The van der Waals surface area contributed by atoms with Crippen molar-refractivity contribution in [2.45, 2.75) is 38.3 Å². The van der Waals surface area contributed by atoms with Gasteiger partial charge in [-0.1, -0.05) is 25.0 Å². The number of aromatic nitrogens is 3. The van der Waals surface area contributed by atoms with Crippen LogP contribution >= 0.6 is 0 Å². The van der Waals surface area contributed by atoms with Crippen LogP contribution in [-0.2, 0) is 6.54 Å². The predicted molar refractivity (Wildman–Crippen MR) is 84.0 cm³/mol. The van der Waals surface area contributed by atoms with Crippen LogP contribution < -0.4 is 11.1 Å². The van der Waals surface area contributed by atoms with Gasteiger partial charge in [-0.3, -0.25) is 0 Å². The van der Waals surface area contributed by atoms with Crippen molar-refractivity contribution in [2.24, 2.45) is 11.7 Å². The van der Waals surface area contributed by atoms with Gasteiger partial charge in [0.2, 0.25) is 0 Å². The van der Waals surface area contributed by atoms with E-state index >= 15 is 0 Å². The molecule has 1 aliphatic rings. The molecule has 0 radical (unpaired) electrons. The number of anilines is 1. The van der Waals surface area contributed by atoms with Crippen molar-refractivity contribution in [3.63, 3.8) is 0 Å². The lowest BCUT2D eigenvalue weighted by Crippen LogP contribution is -2.36. The normalized spacial score (nSPS) is 22.1. The maximum atomic E-state index is 5.89. The summed E-state index contributed by atoms with van der Waals surface area (Å²) in [6, 6.07) is 9.10. The summed E-state index contributed by atoms with van der Waals surface area (Å²) in [7, 11) is 0. The Morgan fingerprint density at radius 2 is 2.00 bits per heavy atom. The molecule has 0 bridgehead atoms. The molecular weight excluding hydrogens is 262 g/mol. The van der Waals surface area contributed by atoms with E-state index in [1.807, 2.05) is 4.68 Å². The minimum absolute atomic E-state index is 0.518. The summed E-state index contributed by atoms with van der Waals surface area (Å²) in [6.45, 7) is 1.54. The molecular formula is C16H23N5. The maximum absolute atomic E-state index is 5.89. The van der Waals surface area contributed by atoms with Crippen molar-refractivity contribution < 1.29 is 0 Å². The molecule has 3 N–H and O–H groups in total. The topological polar surface area (TPSA) is 68.8 Å². The molecule has 1 fully saturated rings. The fourth-order valence-corrected chi connectivity index (χ4v) is 3.10. The van der Waals surface area contributed by atoms with Crippen molar-refractivity contribution >= 4 is 5.69 Å². The molecule has 2 atom stereocenters. The number of hydrogen-bond donors (Lipinski definition) is 2. The maximum Gasteiger partial charge on any atom is 0.137 e. The molecule has 0 spiro atoms. The van der Waals surface area contributed by atoms with Gasteiger partial charge >= 0.3 is 0 Å². The smallest absolute Gasteiger partial charge is 0.137 e. The Kier molecular flexibility index (Phi) is 4.50. The second-order valence-electron chi connectivity index (χ2n) is 5.82. The molecule has 1 saturated carbocycles. The second-order valence-corrected chi connectivity index (χ2v) is 5.82. The van der Waals surface area contributed by atoms with Crippen LogP contribution in [0.3, 0.4) is 0 Å². The van der Waals surface area contributed by atoms with E-state index in [2.05, 4.69) is 39.7 Å². The predicted octanol–water partition coefficient (Wildman–Crippen LogP) is 2.26. The van der Waals surface area contributed by atoms with Gasteiger partial charge in [-0.2, -0.15) is 5.10 Å². The zero-order valence-electron chi connectivity index (χ0n) is 12.3. The van der Waals surface area contributed by atoms with Crippen molar-refractivity contribution in [2.75, 3.05) is 11.9 Å². The van der Waals surface area contributed by atoms with Crippen molar-refractivity contribution in [1.29, 1.82) is 0 Å². The first-order chi connectivity index (χ1) is 10.3. The largest absolute Gasteiger partial charge is 0.382 e. The molecule has 5 heteroatoms. The Morgan fingerprint density at radius 1 is 1.19 bits per heavy atom. The molecule has 2 unspecified atom stereocenters. The Bertz CT molecular complexity index is 534. The molecule has 1 aromatic carbocycles. The van der Waals surface area contributed by atoms with Gasteiger partial charge in [0.15, 0.2) is 0 Å². The summed E-state index contributed by atoms with van der Waals surface area (Å²) in [6.07, 6.45) is 8.39. The molecule has 112 valence electrons. The molecule has 0 amide bonds. The lowest BCUT2D eigenvalue weighted by molar-refractivity contribution is 0.332. The van der Waals surface area contributed by atoms with Crippen LogP contribution in [0.2, 0.25) is 0 Å². The molecule has 2 aromatic rings. The van der Waals surface area contributed by atoms with Crippen LogP contribution in [-0.4, -0.2) is 27.4 Å². The number of benzene rings is 1. The number of nitrogens with one attached hydrogen (secondary N) is 1. The number of nitrogens with two attached hydrogens (primary N) is 1. The number of nitrogens with zero attached hydrogens (tertiary/aromatic N) is 3. The van der Waals surface area contributed by atoms with Crippen LogP contribution in [0.25, 0.3) is 0 Å². The SMILES string of the molecule is NCC1CCCCC1Nc1ccc(Cn2cncn2)cc1. The van der Waals surface area contributed by atoms with Crippen molar-refractivity contribution in [3.8, 4) is 0 Å². The van der Waals surface area contributed by atoms with E-state index in [0.717, 1.165) is 13.1 Å². The molecule has 0 aliphatic heterocycles. The molecule has 1 aliphatic carbocycles. The van der Waals surface area contributed by atoms with E-state index in [9.17, 15) is 0 Å². The molecule has 1 heterocycles. The van der Waals surface area contributed by atoms with Gasteiger partial charge in [-0.25, -0.2) is 9.67 Å². The van der Waals surface area contributed by atoms with E-state index in [1.165, 1.54) is 36.9 Å². The highest BCUT2D eigenvalue weighted by Gasteiger charge is 2.23. The summed E-state index contributed by atoms with van der Waals surface area (Å²) in [5.41, 5.74) is 8.30. The number of rotatable bonds is 5. The summed E-state index contributed by atoms with van der Waals surface area (Å²) >= 11 is 0. The quantitative estimate of drug-likeness (QED) is 0.884. The standard InChI is InChI=1S/C16H23N5/c17-9-14-3-1-2-4-16(14)20-15-7-5-13(6-8-15)10-21-12-18-11-19-21/h5-8,11-12,14,16,20H,1-4,9-10,17H2. The average molecular weight is 285 g/mol. The molecule has 5 nitrogen and oxygen atoms in total. The highest BCUT2D eigenvalue weighted by molar-refractivity contribution is 5.45. The van der Waals surface area contributed by atoms with E-state index in [-0.39, 0.29) is 0 Å². The van der Waals surface area contributed by atoms with E-state index in [0.29, 0.717) is 12.0 Å². The third kappa shape index (κ3) is 3.61. The van der Waals surface area contributed by atoms with Crippen LogP contribution in [0.5, 0.6) is 0 Å². The second kappa shape index (κ2) is 6.72. The fraction of sp³-hybridized carbons (Fsp3) is 0.500. The Morgan fingerprint density at radius 3 is 2.71 bits per heavy atom. The van der Waals surface area contributed by atoms with E-state index < -0.39 is 0 Å². The highest BCUT2D eigenvalue weighted by Crippen LogP contribution is 2.26. The minimum atomic E-state index is 0.518. The average Bonchev–Trinajstić information content (AvgIpc) is 3.03. The molecule has 3 rings (SSSR count). The van der Waals surface area contributed by atoms with Crippen LogP contribution in [0.4, 0.5) is 5.69 Å². The van der Waals surface area contributed by atoms with Gasteiger partial charge in [0.25, 0.3) is 0 Å². The van der Waals surface area contributed by atoms with Gasteiger partial charge in [-0.05, 0) is 43.0 Å².